The van der Waals surface area contributed by atoms with Gasteiger partial charge < -0.3 is 5.73 Å². The van der Waals surface area contributed by atoms with Crippen LogP contribution in [0.1, 0.15) is 35.4 Å². The van der Waals surface area contributed by atoms with Gasteiger partial charge >= 0.3 is 0 Å². The second-order valence-corrected chi connectivity index (χ2v) is 6.71. The summed E-state index contributed by atoms with van der Waals surface area (Å²) in [7, 11) is 0. The SMILES string of the molecule is Cc1ccc(-n2nc(C3(CN)CC3)c(Br)c2C)cc1C. The summed E-state index contributed by atoms with van der Waals surface area (Å²) < 4.78 is 3.14. The third-order valence-corrected chi connectivity index (χ3v) is 5.47. The summed E-state index contributed by atoms with van der Waals surface area (Å²) in [6.07, 6.45) is 2.29. The van der Waals surface area contributed by atoms with Crippen LogP contribution in [0.25, 0.3) is 5.69 Å². The summed E-state index contributed by atoms with van der Waals surface area (Å²) in [4.78, 5) is 0. The Balaban J connectivity index is 2.11. The smallest absolute Gasteiger partial charge is 0.0848 e. The van der Waals surface area contributed by atoms with Crippen molar-refractivity contribution in [2.45, 2.75) is 39.0 Å². The average molecular weight is 334 g/mol. The summed E-state index contributed by atoms with van der Waals surface area (Å²) in [6, 6.07) is 6.46. The molecule has 1 aromatic carbocycles. The molecule has 1 aliphatic carbocycles. The molecule has 0 unspecified atom stereocenters. The van der Waals surface area contributed by atoms with Crippen molar-refractivity contribution in [3.05, 3.63) is 45.2 Å². The van der Waals surface area contributed by atoms with Crippen LogP contribution in [0, 0.1) is 20.8 Å². The van der Waals surface area contributed by atoms with Crippen molar-refractivity contribution >= 4 is 15.9 Å². The van der Waals surface area contributed by atoms with Crippen LogP contribution in [0.15, 0.2) is 22.7 Å². The Morgan fingerprint density at radius 1 is 1.25 bits per heavy atom. The maximum absolute atomic E-state index is 5.94. The molecule has 0 saturated heterocycles. The van der Waals surface area contributed by atoms with Crippen LogP contribution >= 0.6 is 15.9 Å². The van der Waals surface area contributed by atoms with Gasteiger partial charge in [-0.15, -0.1) is 0 Å². The molecule has 2 aromatic rings. The third kappa shape index (κ3) is 2.02. The number of halogens is 1. The van der Waals surface area contributed by atoms with Crippen LogP contribution in [-0.2, 0) is 5.41 Å². The number of hydrogen-bond donors (Lipinski definition) is 1. The van der Waals surface area contributed by atoms with Crippen molar-refractivity contribution in [1.29, 1.82) is 0 Å². The fourth-order valence-corrected chi connectivity index (χ4v) is 3.29. The monoisotopic (exact) mass is 333 g/mol. The molecule has 1 aromatic heterocycles. The quantitative estimate of drug-likeness (QED) is 0.933. The zero-order valence-electron chi connectivity index (χ0n) is 12.2. The second-order valence-electron chi connectivity index (χ2n) is 5.91. The standard InChI is InChI=1S/C16H20BrN3/c1-10-4-5-13(8-11(10)2)20-12(3)14(17)15(19-20)16(9-18)6-7-16/h4-5,8H,6-7,9,18H2,1-3H3. The van der Waals surface area contributed by atoms with Gasteiger partial charge in [-0.25, -0.2) is 4.68 Å². The Labute approximate surface area is 128 Å². The van der Waals surface area contributed by atoms with Gasteiger partial charge in [-0.05, 0) is 72.8 Å². The largest absolute Gasteiger partial charge is 0.330 e. The molecule has 0 radical (unpaired) electrons. The number of benzene rings is 1. The van der Waals surface area contributed by atoms with Crippen molar-refractivity contribution in [2.24, 2.45) is 5.73 Å². The summed E-state index contributed by atoms with van der Waals surface area (Å²) in [5, 5.41) is 4.85. The van der Waals surface area contributed by atoms with Crippen LogP contribution in [0.5, 0.6) is 0 Å². The molecule has 3 rings (SSSR count). The van der Waals surface area contributed by atoms with Crippen LogP contribution in [0.3, 0.4) is 0 Å². The van der Waals surface area contributed by atoms with E-state index < -0.39 is 0 Å². The minimum absolute atomic E-state index is 0.106. The predicted octanol–water partition coefficient (Wildman–Crippen LogP) is 3.55. The molecule has 0 bridgehead atoms. The molecule has 0 spiro atoms. The van der Waals surface area contributed by atoms with E-state index in [-0.39, 0.29) is 5.41 Å². The molecule has 1 fully saturated rings. The molecule has 3 nitrogen and oxygen atoms in total. The van der Waals surface area contributed by atoms with E-state index in [0.717, 1.165) is 34.4 Å². The zero-order chi connectivity index (χ0) is 14.5. The van der Waals surface area contributed by atoms with E-state index in [1.807, 2.05) is 4.68 Å². The molecular formula is C16H20BrN3. The molecule has 1 saturated carbocycles. The topological polar surface area (TPSA) is 43.8 Å². The number of nitrogens with zero attached hydrogens (tertiary/aromatic N) is 2. The highest BCUT2D eigenvalue weighted by Gasteiger charge is 2.47. The number of aryl methyl sites for hydroxylation is 2. The molecule has 1 heterocycles. The summed E-state index contributed by atoms with van der Waals surface area (Å²) in [6.45, 7) is 7.04. The van der Waals surface area contributed by atoms with Crippen LogP contribution in [-0.4, -0.2) is 16.3 Å². The first-order chi connectivity index (χ1) is 9.48. The minimum Gasteiger partial charge on any atom is -0.330 e. The average Bonchev–Trinajstić information content (AvgIpc) is 3.17. The van der Waals surface area contributed by atoms with Crippen LogP contribution < -0.4 is 5.73 Å². The summed E-state index contributed by atoms with van der Waals surface area (Å²) >= 11 is 3.71. The highest BCUT2D eigenvalue weighted by Crippen LogP contribution is 2.49. The highest BCUT2D eigenvalue weighted by atomic mass is 79.9. The summed E-state index contributed by atoms with van der Waals surface area (Å²) in [5.41, 5.74) is 12.0. The Kier molecular flexibility index (Phi) is 3.26. The fraction of sp³-hybridized carbons (Fsp3) is 0.438. The minimum atomic E-state index is 0.106. The molecule has 0 aliphatic heterocycles. The van der Waals surface area contributed by atoms with Gasteiger partial charge in [0.15, 0.2) is 0 Å². The van der Waals surface area contributed by atoms with Gasteiger partial charge in [0.25, 0.3) is 0 Å². The van der Waals surface area contributed by atoms with Crippen molar-refractivity contribution in [2.75, 3.05) is 6.54 Å². The molecule has 4 heteroatoms. The Hall–Kier alpha value is -1.13. The van der Waals surface area contributed by atoms with Crippen molar-refractivity contribution in [3.63, 3.8) is 0 Å². The summed E-state index contributed by atoms with van der Waals surface area (Å²) in [5.74, 6) is 0. The number of aromatic nitrogens is 2. The van der Waals surface area contributed by atoms with Gasteiger partial charge in [0.1, 0.15) is 0 Å². The van der Waals surface area contributed by atoms with Gasteiger partial charge in [-0.3, -0.25) is 0 Å². The van der Waals surface area contributed by atoms with Gasteiger partial charge in [0.2, 0.25) is 0 Å². The lowest BCUT2D eigenvalue weighted by molar-refractivity contribution is 0.658. The van der Waals surface area contributed by atoms with Gasteiger partial charge in [0, 0.05) is 12.0 Å². The van der Waals surface area contributed by atoms with Gasteiger partial charge in [-0.2, -0.15) is 5.10 Å². The van der Waals surface area contributed by atoms with Crippen molar-refractivity contribution in [1.82, 2.24) is 9.78 Å². The Bertz CT molecular complexity index is 669. The molecule has 0 atom stereocenters. The maximum Gasteiger partial charge on any atom is 0.0848 e. The third-order valence-electron chi connectivity index (χ3n) is 4.52. The lowest BCUT2D eigenvalue weighted by Gasteiger charge is -2.09. The van der Waals surface area contributed by atoms with E-state index >= 15 is 0 Å². The number of nitrogens with two attached hydrogens (primary N) is 1. The molecule has 20 heavy (non-hydrogen) atoms. The normalized spacial score (nSPS) is 16.4. The predicted molar refractivity (Wildman–Crippen MR) is 85.4 cm³/mol. The molecular weight excluding hydrogens is 314 g/mol. The van der Waals surface area contributed by atoms with E-state index in [2.05, 4.69) is 54.9 Å². The lowest BCUT2D eigenvalue weighted by Crippen LogP contribution is -2.21. The lowest BCUT2D eigenvalue weighted by atomic mass is 10.0. The molecule has 0 amide bonds. The van der Waals surface area contributed by atoms with E-state index in [9.17, 15) is 0 Å². The second kappa shape index (κ2) is 4.71. The van der Waals surface area contributed by atoms with Gasteiger partial charge in [0.05, 0.1) is 21.5 Å². The van der Waals surface area contributed by atoms with Crippen LogP contribution in [0.4, 0.5) is 0 Å². The molecule has 1 aliphatic rings. The van der Waals surface area contributed by atoms with E-state index in [4.69, 9.17) is 10.8 Å². The van der Waals surface area contributed by atoms with E-state index in [1.54, 1.807) is 0 Å². The van der Waals surface area contributed by atoms with E-state index in [0.29, 0.717) is 6.54 Å². The first-order valence-corrected chi connectivity index (χ1v) is 7.81. The maximum atomic E-state index is 5.94. The number of rotatable bonds is 3. The first kappa shape index (κ1) is 13.8. The Morgan fingerprint density at radius 3 is 2.50 bits per heavy atom. The molecule has 106 valence electrons. The molecule has 2 N–H and O–H groups in total. The Morgan fingerprint density at radius 2 is 1.95 bits per heavy atom. The first-order valence-electron chi connectivity index (χ1n) is 7.02. The van der Waals surface area contributed by atoms with Gasteiger partial charge in [-0.1, -0.05) is 6.07 Å². The van der Waals surface area contributed by atoms with Crippen LogP contribution in [0.2, 0.25) is 0 Å². The fourth-order valence-electron chi connectivity index (χ4n) is 2.62. The van der Waals surface area contributed by atoms with E-state index in [1.165, 1.54) is 11.1 Å². The highest BCUT2D eigenvalue weighted by molar-refractivity contribution is 9.10. The van der Waals surface area contributed by atoms with Crippen molar-refractivity contribution in [3.8, 4) is 5.69 Å². The number of hydrogen-bond acceptors (Lipinski definition) is 2. The van der Waals surface area contributed by atoms with Crippen molar-refractivity contribution < 1.29 is 0 Å². The zero-order valence-corrected chi connectivity index (χ0v) is 13.8.